The van der Waals surface area contributed by atoms with Crippen molar-refractivity contribution in [3.8, 4) is 0 Å². The van der Waals surface area contributed by atoms with E-state index in [4.69, 9.17) is 9.47 Å². The van der Waals surface area contributed by atoms with Crippen molar-refractivity contribution in [1.82, 2.24) is 15.1 Å². The van der Waals surface area contributed by atoms with E-state index in [1.54, 1.807) is 11.9 Å². The maximum atomic E-state index is 12.7. The second kappa shape index (κ2) is 11.0. The Morgan fingerprint density at radius 2 is 1.42 bits per heavy atom. The molecule has 1 N–H and O–H groups in total. The molecule has 2 aromatic carbocycles. The fraction of sp³-hybridized carbons (Fsp3) is 0.348. The van der Waals surface area contributed by atoms with Gasteiger partial charge in [-0.2, -0.15) is 0 Å². The Morgan fingerprint density at radius 1 is 0.871 bits per heavy atom. The third kappa shape index (κ3) is 6.47. The van der Waals surface area contributed by atoms with Gasteiger partial charge in [0.25, 0.3) is 0 Å². The molecule has 0 bridgehead atoms. The highest BCUT2D eigenvalue weighted by atomic mass is 16.6. The number of urea groups is 1. The van der Waals surface area contributed by atoms with Gasteiger partial charge in [-0.05, 0) is 11.1 Å². The fourth-order valence-corrected chi connectivity index (χ4v) is 3.27. The largest absolute Gasteiger partial charge is 0.458 e. The van der Waals surface area contributed by atoms with E-state index in [1.807, 2.05) is 60.7 Å². The van der Waals surface area contributed by atoms with E-state index in [-0.39, 0.29) is 19.1 Å². The maximum absolute atomic E-state index is 12.7. The Kier molecular flexibility index (Phi) is 7.86. The standard InChI is InChI=1S/C23H27N3O5/c1-24-22(28)25-12-14-26(15-13-25)23(29)31-20(16-18-8-4-2-5-9-18)21(27)30-17-19-10-6-3-7-11-19/h2-11,20H,12-17H2,1H3,(H,24,28)/t20-/m0/s1. The first-order valence-electron chi connectivity index (χ1n) is 10.2. The number of rotatable bonds is 6. The van der Waals surface area contributed by atoms with Crippen molar-refractivity contribution in [2.45, 2.75) is 19.1 Å². The quantitative estimate of drug-likeness (QED) is 0.719. The van der Waals surface area contributed by atoms with Crippen molar-refractivity contribution >= 4 is 18.1 Å². The zero-order valence-corrected chi connectivity index (χ0v) is 17.5. The van der Waals surface area contributed by atoms with E-state index in [9.17, 15) is 14.4 Å². The van der Waals surface area contributed by atoms with Gasteiger partial charge < -0.3 is 24.6 Å². The van der Waals surface area contributed by atoms with Gasteiger partial charge in [-0.1, -0.05) is 60.7 Å². The average Bonchev–Trinajstić information content (AvgIpc) is 2.83. The number of benzene rings is 2. The van der Waals surface area contributed by atoms with E-state index in [0.717, 1.165) is 11.1 Å². The summed E-state index contributed by atoms with van der Waals surface area (Å²) in [6.07, 6.45) is -1.43. The average molecular weight is 425 g/mol. The molecule has 0 radical (unpaired) electrons. The molecule has 8 heteroatoms. The molecule has 31 heavy (non-hydrogen) atoms. The summed E-state index contributed by atoms with van der Waals surface area (Å²) in [5, 5.41) is 2.57. The molecule has 1 heterocycles. The van der Waals surface area contributed by atoms with Crippen LogP contribution >= 0.6 is 0 Å². The fourth-order valence-electron chi connectivity index (χ4n) is 3.27. The van der Waals surface area contributed by atoms with Crippen LogP contribution in [-0.2, 0) is 27.3 Å². The van der Waals surface area contributed by atoms with Crippen LogP contribution in [0.5, 0.6) is 0 Å². The molecule has 1 aliphatic rings. The monoisotopic (exact) mass is 425 g/mol. The van der Waals surface area contributed by atoms with Gasteiger partial charge in [0.2, 0.25) is 6.10 Å². The zero-order valence-electron chi connectivity index (χ0n) is 17.5. The van der Waals surface area contributed by atoms with Crippen LogP contribution in [0.1, 0.15) is 11.1 Å². The predicted molar refractivity (Wildman–Crippen MR) is 114 cm³/mol. The molecule has 3 rings (SSSR count). The molecule has 0 saturated carbocycles. The number of carbonyl (C=O) groups is 3. The molecular weight excluding hydrogens is 398 g/mol. The minimum atomic E-state index is -1.06. The summed E-state index contributed by atoms with van der Waals surface area (Å²) in [7, 11) is 1.57. The van der Waals surface area contributed by atoms with E-state index in [1.165, 1.54) is 4.90 Å². The van der Waals surface area contributed by atoms with E-state index in [2.05, 4.69) is 5.32 Å². The Bertz CT molecular complexity index is 867. The maximum Gasteiger partial charge on any atom is 0.410 e. The molecule has 3 amide bonds. The van der Waals surface area contributed by atoms with Crippen molar-refractivity contribution in [2.24, 2.45) is 0 Å². The molecule has 1 saturated heterocycles. The molecule has 0 unspecified atom stereocenters. The lowest BCUT2D eigenvalue weighted by Gasteiger charge is -2.34. The van der Waals surface area contributed by atoms with Crippen LogP contribution in [0.2, 0.25) is 0 Å². The topological polar surface area (TPSA) is 88.2 Å². The highest BCUT2D eigenvalue weighted by Gasteiger charge is 2.30. The first-order chi connectivity index (χ1) is 15.1. The molecule has 8 nitrogen and oxygen atoms in total. The molecule has 1 fully saturated rings. The van der Waals surface area contributed by atoms with Crippen LogP contribution in [0.4, 0.5) is 9.59 Å². The summed E-state index contributed by atoms with van der Waals surface area (Å²) in [6, 6.07) is 18.5. The molecule has 0 aliphatic carbocycles. The molecule has 2 aromatic rings. The summed E-state index contributed by atoms with van der Waals surface area (Å²) in [6.45, 7) is 1.58. The van der Waals surface area contributed by atoms with Crippen LogP contribution < -0.4 is 5.32 Å². The van der Waals surface area contributed by atoms with Crippen LogP contribution in [-0.4, -0.2) is 67.2 Å². The van der Waals surface area contributed by atoms with Crippen LogP contribution in [0.25, 0.3) is 0 Å². The normalized spacial score (nSPS) is 14.5. The first kappa shape index (κ1) is 22.1. The van der Waals surface area contributed by atoms with Crippen LogP contribution in [0, 0.1) is 0 Å². The number of amides is 3. The smallest absolute Gasteiger partial charge is 0.410 e. The summed E-state index contributed by atoms with van der Waals surface area (Å²) < 4.78 is 11.0. The van der Waals surface area contributed by atoms with Gasteiger partial charge in [0.15, 0.2) is 0 Å². The van der Waals surface area contributed by atoms with Crippen molar-refractivity contribution < 1.29 is 23.9 Å². The third-order valence-electron chi connectivity index (χ3n) is 5.03. The number of carbonyl (C=O) groups excluding carboxylic acids is 3. The summed E-state index contributed by atoms with van der Waals surface area (Å²) in [5.74, 6) is -0.593. The number of hydrogen-bond acceptors (Lipinski definition) is 5. The Morgan fingerprint density at radius 3 is 2.00 bits per heavy atom. The lowest BCUT2D eigenvalue weighted by Crippen LogP contribution is -2.53. The van der Waals surface area contributed by atoms with Crippen LogP contribution in [0.3, 0.4) is 0 Å². The van der Waals surface area contributed by atoms with Gasteiger partial charge in [0, 0.05) is 39.6 Å². The SMILES string of the molecule is CNC(=O)N1CCN(C(=O)O[C@@H](Cc2ccccc2)C(=O)OCc2ccccc2)CC1. The van der Waals surface area contributed by atoms with Gasteiger partial charge in [0.05, 0.1) is 0 Å². The Labute approximate surface area is 181 Å². The molecule has 164 valence electrons. The molecule has 0 aromatic heterocycles. The lowest BCUT2D eigenvalue weighted by atomic mass is 10.1. The van der Waals surface area contributed by atoms with Crippen molar-refractivity contribution in [2.75, 3.05) is 33.2 Å². The highest BCUT2D eigenvalue weighted by Crippen LogP contribution is 2.13. The number of hydrogen-bond donors (Lipinski definition) is 1. The zero-order chi connectivity index (χ0) is 22.1. The molecule has 1 atom stereocenters. The number of piperazine rings is 1. The third-order valence-corrected chi connectivity index (χ3v) is 5.03. The molecule has 1 aliphatic heterocycles. The van der Waals surface area contributed by atoms with Gasteiger partial charge in [0.1, 0.15) is 6.61 Å². The second-order valence-electron chi connectivity index (χ2n) is 7.18. The van der Waals surface area contributed by atoms with E-state index in [0.29, 0.717) is 26.2 Å². The minimum Gasteiger partial charge on any atom is -0.458 e. The van der Waals surface area contributed by atoms with Crippen molar-refractivity contribution in [3.05, 3.63) is 71.8 Å². The Balaban J connectivity index is 1.61. The van der Waals surface area contributed by atoms with Gasteiger partial charge in [-0.3, -0.25) is 0 Å². The second-order valence-corrected chi connectivity index (χ2v) is 7.18. The van der Waals surface area contributed by atoms with Crippen molar-refractivity contribution in [1.29, 1.82) is 0 Å². The number of esters is 1. The summed E-state index contributed by atoms with van der Waals surface area (Å²) >= 11 is 0. The van der Waals surface area contributed by atoms with Gasteiger partial charge >= 0.3 is 18.1 Å². The van der Waals surface area contributed by atoms with Crippen molar-refractivity contribution in [3.63, 3.8) is 0 Å². The van der Waals surface area contributed by atoms with E-state index < -0.39 is 18.2 Å². The summed E-state index contributed by atoms with van der Waals surface area (Å²) in [5.41, 5.74) is 1.72. The molecule has 0 spiro atoms. The Hall–Kier alpha value is -3.55. The summed E-state index contributed by atoms with van der Waals surface area (Å²) in [4.78, 5) is 40.3. The molecular formula is C23H27N3O5. The van der Waals surface area contributed by atoms with Gasteiger partial charge in [-0.15, -0.1) is 0 Å². The highest BCUT2D eigenvalue weighted by molar-refractivity contribution is 5.79. The predicted octanol–water partition coefficient (Wildman–Crippen LogP) is 2.43. The first-order valence-corrected chi connectivity index (χ1v) is 10.2. The van der Waals surface area contributed by atoms with Crippen LogP contribution in [0.15, 0.2) is 60.7 Å². The minimum absolute atomic E-state index is 0.104. The lowest BCUT2D eigenvalue weighted by molar-refractivity contribution is -0.155. The number of ether oxygens (including phenoxy) is 2. The number of nitrogens with one attached hydrogen (secondary N) is 1. The van der Waals surface area contributed by atoms with E-state index >= 15 is 0 Å². The number of nitrogens with zero attached hydrogens (tertiary/aromatic N) is 2. The van der Waals surface area contributed by atoms with Gasteiger partial charge in [-0.25, -0.2) is 14.4 Å².